The largest absolute Gasteiger partial charge is 1.00 e. The van der Waals surface area contributed by atoms with Gasteiger partial charge in [0.25, 0.3) is 0 Å². The molecule has 10 N–H and O–H groups in total. The molecule has 10 heterocycles. The van der Waals surface area contributed by atoms with E-state index in [1.54, 1.807) is 108 Å². The molecule has 0 bridgehead atoms. The topological polar surface area (TPSA) is 409 Å². The van der Waals surface area contributed by atoms with Crippen LogP contribution in [0.1, 0.15) is 123 Å². The number of carbonyl (C=O) groups excluding carboxylic acids is 4. The normalized spacial score (nSPS) is 24.6. The molecule has 34 heteroatoms. The van der Waals surface area contributed by atoms with Crippen LogP contribution in [0.5, 0.6) is 34.5 Å². The fourth-order valence-corrected chi connectivity index (χ4v) is 21.4. The second kappa shape index (κ2) is 48.2. The predicted octanol–water partition coefficient (Wildman–Crippen LogP) is 10.7. The molecule has 7 aliphatic rings. The number of halogens is 3. The second-order valence-corrected chi connectivity index (χ2v) is 35.9. The maximum Gasteiger partial charge on any atom is 1.00 e. The monoisotopic (exact) mass is 2060 g/mol. The number of aliphatic hydroxyl groups excluding tert-OH is 3. The van der Waals surface area contributed by atoms with Gasteiger partial charge in [-0.2, -0.15) is 0 Å². The quantitative estimate of drug-likeness (QED) is 0.0132. The van der Waals surface area contributed by atoms with Gasteiger partial charge in [-0.05, 0) is 137 Å². The second-order valence-electron chi connectivity index (χ2n) is 33.2. The van der Waals surface area contributed by atoms with Crippen LogP contribution in [0, 0.1) is 35.5 Å². The summed E-state index contributed by atoms with van der Waals surface area (Å²) in [6.45, 7) is 7.32. The minimum atomic E-state index is -1.55. The van der Waals surface area contributed by atoms with Crippen molar-refractivity contribution in [1.29, 1.82) is 0 Å². The van der Waals surface area contributed by atoms with Crippen molar-refractivity contribution in [3.8, 4) is 34.5 Å². The number of aromatic nitrogens is 6. The Morgan fingerprint density at radius 2 is 0.730 bits per heavy atom. The Labute approximate surface area is 843 Å². The van der Waals surface area contributed by atoms with Gasteiger partial charge in [-0.3, -0.25) is 39.5 Å². The van der Waals surface area contributed by atoms with Gasteiger partial charge in [0.2, 0.25) is 5.97 Å². The molecule has 6 aromatic heterocycles. The molecule has 709 valence electrons. The molecule has 19 rings (SSSR count). The summed E-state index contributed by atoms with van der Waals surface area (Å²) in [5, 5.41) is 78.9. The summed E-state index contributed by atoms with van der Waals surface area (Å²) in [5.74, 6) is -2.46. The van der Waals surface area contributed by atoms with Gasteiger partial charge in [0.05, 0.1) is 75.2 Å². The van der Waals surface area contributed by atoms with E-state index >= 15 is 0 Å². The average Bonchev–Trinajstić information content (AvgIpc) is 1.50. The van der Waals surface area contributed by atoms with Crippen molar-refractivity contribution >= 4 is 80.0 Å². The molecule has 3 radical (unpaired) electrons. The number of ether oxygens (including phenoxy) is 7. The van der Waals surface area contributed by atoms with Crippen molar-refractivity contribution in [3.63, 3.8) is 0 Å². The molecule has 0 spiro atoms. The summed E-state index contributed by atoms with van der Waals surface area (Å²) in [6, 6.07) is 64.6. The summed E-state index contributed by atoms with van der Waals surface area (Å²) in [6.07, 6.45) is 23.3. The van der Waals surface area contributed by atoms with Crippen molar-refractivity contribution in [2.24, 2.45) is 41.2 Å². The van der Waals surface area contributed by atoms with E-state index in [2.05, 4.69) is 111 Å². The smallest absolute Gasteiger partial charge is 0.793 e. The van der Waals surface area contributed by atoms with Crippen molar-refractivity contribution in [2.75, 3.05) is 74.0 Å². The molecule has 0 amide bonds. The Hall–Kier alpha value is -10.8. The molecule has 4 aliphatic heterocycles. The average molecular weight is 2060 g/mol. The van der Waals surface area contributed by atoms with Crippen LogP contribution in [0.25, 0.3) is 0 Å². The number of hydrogen-bond acceptors (Lipinski definition) is 29. The van der Waals surface area contributed by atoms with Gasteiger partial charge in [-0.25, -0.2) is 19.4 Å². The van der Waals surface area contributed by atoms with Gasteiger partial charge in [-0.15, -0.1) is 0 Å². The van der Waals surface area contributed by atoms with Crippen LogP contribution < -0.4 is 74.3 Å². The number of fused-ring (bicyclic) bond motifs is 9. The molecule has 3 saturated carbocycles. The minimum absolute atomic E-state index is 0. The summed E-state index contributed by atoms with van der Waals surface area (Å²) >= 11 is 10.6. The first-order valence-electron chi connectivity index (χ1n) is 44.1. The number of nitrogens with one attached hydrogen (secondary N) is 2. The van der Waals surface area contributed by atoms with Gasteiger partial charge in [0.15, 0.2) is 16.8 Å². The van der Waals surface area contributed by atoms with Crippen molar-refractivity contribution in [1.82, 2.24) is 40.5 Å². The molecule has 29 nitrogen and oxygen atoms in total. The van der Waals surface area contributed by atoms with E-state index in [9.17, 15) is 49.8 Å². The van der Waals surface area contributed by atoms with Crippen LogP contribution >= 0.6 is 47.8 Å². The van der Waals surface area contributed by atoms with Crippen LogP contribution in [-0.4, -0.2) is 167 Å². The van der Waals surface area contributed by atoms with Crippen LogP contribution in [0.2, 0.25) is 0 Å². The maximum absolute atomic E-state index is 13.3. The third kappa shape index (κ3) is 21.2. The number of nitrogens with two attached hydrogens (primary N) is 1. The summed E-state index contributed by atoms with van der Waals surface area (Å²) in [4.78, 5) is 71.7. The number of nitrogens with zero attached hydrogens (tertiary/aromatic N) is 6. The number of rotatable bonds is 22. The first-order chi connectivity index (χ1) is 65.9. The van der Waals surface area contributed by atoms with E-state index in [1.807, 2.05) is 188 Å². The third-order valence-electron chi connectivity index (χ3n) is 25.9. The van der Waals surface area contributed by atoms with Crippen LogP contribution in [0.15, 0.2) is 288 Å². The summed E-state index contributed by atoms with van der Waals surface area (Å²) in [7, 11) is 9.02. The SMILES string of the molecule is C1CCOC1.CC(=O)OOC(C)=O.COc1cncc2c1[C@]1(O)[C@@H](CN)[C@H](CO)[C@@H](c3ccccc3)[C@]1(c1ccc(Br)cc1)O2.COc1cncc2c1[C@]1(O)[C@@H](CNCc3ccncc3)[C@H](CO)[C@@H](c3ccccc3)[C@]1(c1ccc(Br)cc1)O2.COc1cncc2c1[C@]1(O)[C@@H](CNCc3ccncc3)[C@H](CO)[C@@H](c3ccccc3)[C@]1(c1ccc(Br)cc1)O2.O=Cc1ccncc1.[B-]OC(C)=O.[Na+]. The fourth-order valence-electron chi connectivity index (χ4n) is 20.6. The molecule has 137 heavy (non-hydrogen) atoms. The number of benzene rings is 6. The summed E-state index contributed by atoms with van der Waals surface area (Å²) in [5.41, 5.74) is 7.77. The zero-order valence-corrected chi connectivity index (χ0v) is 83.4. The Balaban J connectivity index is 0.000000162. The molecule has 1 saturated heterocycles. The summed E-state index contributed by atoms with van der Waals surface area (Å²) < 4.78 is 49.1. The molecule has 3 aliphatic carbocycles. The van der Waals surface area contributed by atoms with E-state index in [1.165, 1.54) is 19.8 Å². The minimum Gasteiger partial charge on any atom is -0.793 e. The first-order valence-corrected chi connectivity index (χ1v) is 46.4. The molecular weight excluding hydrogens is 1960 g/mol. The van der Waals surface area contributed by atoms with Gasteiger partial charge >= 0.3 is 41.5 Å². The Morgan fingerprint density at radius 3 is 0.978 bits per heavy atom. The van der Waals surface area contributed by atoms with Gasteiger partial charge in [-0.1, -0.05) is 175 Å². The van der Waals surface area contributed by atoms with E-state index < -0.39 is 69.3 Å². The predicted molar refractivity (Wildman–Crippen MR) is 515 cm³/mol. The Morgan fingerprint density at radius 1 is 0.438 bits per heavy atom. The van der Waals surface area contributed by atoms with E-state index in [0.717, 1.165) is 91.3 Å². The molecule has 4 fully saturated rings. The number of methoxy groups -OCH3 is 3. The Bertz CT molecular complexity index is 5690. The number of aldehydes is 1. The molecule has 0 unspecified atom stereocenters. The zero-order chi connectivity index (χ0) is 96.8. The van der Waals surface area contributed by atoms with E-state index in [4.69, 9.17) is 38.9 Å². The molecular formula is C103H107BBr3N9NaO20. The molecule has 15 atom stereocenters. The van der Waals surface area contributed by atoms with Crippen LogP contribution in [-0.2, 0) is 80.2 Å². The van der Waals surface area contributed by atoms with E-state index in [0.29, 0.717) is 82.9 Å². The van der Waals surface area contributed by atoms with Crippen molar-refractivity contribution in [3.05, 3.63) is 355 Å². The number of pyridine rings is 6. The van der Waals surface area contributed by atoms with Gasteiger partial charge in [0, 0.05) is 189 Å². The van der Waals surface area contributed by atoms with Crippen molar-refractivity contribution < 1.29 is 127 Å². The number of aliphatic hydroxyl groups is 6. The van der Waals surface area contributed by atoms with Gasteiger partial charge in [0.1, 0.15) is 57.6 Å². The number of hydrogen-bond donors (Lipinski definition) is 9. The van der Waals surface area contributed by atoms with Gasteiger partial charge < -0.3 is 92.9 Å². The number of carbonyl (C=O) groups is 4. The fraction of sp³-hybridized carbons (Fsp3) is 0.320. The van der Waals surface area contributed by atoms with E-state index in [-0.39, 0.29) is 91.4 Å². The third-order valence-corrected chi connectivity index (χ3v) is 27.5. The van der Waals surface area contributed by atoms with Crippen molar-refractivity contribution in [2.45, 2.75) is 98.1 Å². The van der Waals surface area contributed by atoms with Crippen LogP contribution in [0.4, 0.5) is 0 Å². The van der Waals surface area contributed by atoms with Crippen LogP contribution in [0.3, 0.4) is 0 Å². The molecule has 12 aromatic rings. The molecule has 6 aromatic carbocycles. The first kappa shape index (κ1) is 105. The zero-order valence-electron chi connectivity index (χ0n) is 76.6. The Kier molecular flexibility index (Phi) is 37.0. The standard InChI is InChI=1S/2C31H30BrN3O4.C25H25BrN2O4.C6H5NO.C4H6O4.C4H8O.C2H3BO2.Na/c2*1-38-26-17-35-18-27-29(26)30(37)25(16-34-15-20-11-13-33-14-12-20)24(19-36)28(21-5-3-2-4-6-21)31(30,39-27)22-7-9-23(32)10-8-22;1-31-20-12-28-13-21-23(20)24(30)19(11-27)18(14-29)22(15-5-3-2-4-6-15)25(24,32-21)16-7-9-17(26)10-8-16;8-5-6-1-3-7-4-2-6;1-3(5)7-8-4(2)6;1-2-4-5-3-1;1-2(4)5-3;/h2*2-14,17-18,24-25,28,34,36-37H,15-16,19H2,1H3;2-10,12-13,18-19,22,29-30H,11,14,27H2,1H3;1-5H;1-2H3;1-4H2;1H3;/q;;;;;;-1;+1/t2*24-,25-,28+,30+,31-;18-,19-,22+,24+,25-;;;;;/m000...../s1. The maximum atomic E-state index is 13.3.